The third-order valence-corrected chi connectivity index (χ3v) is 2.14. The second-order valence-corrected chi connectivity index (χ2v) is 2.95. The van der Waals surface area contributed by atoms with Crippen LogP contribution in [0.15, 0.2) is 0 Å². The molecule has 1 aliphatic heterocycles. The van der Waals surface area contributed by atoms with Crippen LogP contribution in [0.2, 0.25) is 0 Å². The predicted octanol–water partition coefficient (Wildman–Crippen LogP) is 1.25. The van der Waals surface area contributed by atoms with Gasteiger partial charge in [0.15, 0.2) is 0 Å². The Labute approximate surface area is 61.6 Å². The summed E-state index contributed by atoms with van der Waals surface area (Å²) in [5.41, 5.74) is 0. The third kappa shape index (κ3) is 1.37. The SMILES string of the molecule is CCC(C)C(=O)C1COC1. The van der Waals surface area contributed by atoms with Crippen molar-refractivity contribution < 1.29 is 9.53 Å². The van der Waals surface area contributed by atoms with Crippen molar-refractivity contribution in [2.24, 2.45) is 11.8 Å². The fourth-order valence-electron chi connectivity index (χ4n) is 1.00. The molecule has 10 heavy (non-hydrogen) atoms. The minimum absolute atomic E-state index is 0.218. The van der Waals surface area contributed by atoms with Crippen LogP contribution in [-0.4, -0.2) is 19.0 Å². The van der Waals surface area contributed by atoms with Gasteiger partial charge in [0.2, 0.25) is 0 Å². The van der Waals surface area contributed by atoms with E-state index in [1.807, 2.05) is 13.8 Å². The van der Waals surface area contributed by atoms with Crippen molar-refractivity contribution in [1.29, 1.82) is 0 Å². The van der Waals surface area contributed by atoms with E-state index in [1.165, 1.54) is 0 Å². The fourth-order valence-corrected chi connectivity index (χ4v) is 1.00. The van der Waals surface area contributed by atoms with E-state index in [9.17, 15) is 4.79 Å². The number of carbonyl (C=O) groups is 1. The maximum Gasteiger partial charge on any atom is 0.143 e. The molecule has 0 amide bonds. The first-order chi connectivity index (χ1) is 4.75. The molecule has 0 radical (unpaired) electrons. The van der Waals surface area contributed by atoms with E-state index in [0.717, 1.165) is 6.42 Å². The molecule has 0 N–H and O–H groups in total. The quantitative estimate of drug-likeness (QED) is 0.592. The summed E-state index contributed by atoms with van der Waals surface area (Å²) in [6.07, 6.45) is 0.954. The van der Waals surface area contributed by atoms with Crippen LogP contribution in [-0.2, 0) is 9.53 Å². The first-order valence-electron chi connectivity index (χ1n) is 3.87. The maximum absolute atomic E-state index is 11.3. The average Bonchev–Trinajstić information content (AvgIpc) is 1.82. The van der Waals surface area contributed by atoms with Gasteiger partial charge in [0.05, 0.1) is 19.1 Å². The Balaban J connectivity index is 2.32. The predicted molar refractivity (Wildman–Crippen MR) is 38.8 cm³/mol. The summed E-state index contributed by atoms with van der Waals surface area (Å²) in [6.45, 7) is 5.34. The third-order valence-electron chi connectivity index (χ3n) is 2.14. The largest absolute Gasteiger partial charge is 0.380 e. The highest BCUT2D eigenvalue weighted by Crippen LogP contribution is 2.17. The van der Waals surface area contributed by atoms with Crippen LogP contribution in [0.25, 0.3) is 0 Å². The Bertz CT molecular complexity index is 120. The number of ketones is 1. The van der Waals surface area contributed by atoms with Crippen LogP contribution in [0, 0.1) is 11.8 Å². The highest BCUT2D eigenvalue weighted by molar-refractivity contribution is 5.83. The van der Waals surface area contributed by atoms with Crippen LogP contribution in [0.5, 0.6) is 0 Å². The van der Waals surface area contributed by atoms with Crippen LogP contribution in [0.1, 0.15) is 20.3 Å². The van der Waals surface area contributed by atoms with E-state index >= 15 is 0 Å². The number of rotatable bonds is 3. The molecule has 1 fully saturated rings. The van der Waals surface area contributed by atoms with Crippen molar-refractivity contribution in [3.8, 4) is 0 Å². The molecule has 2 heteroatoms. The summed E-state index contributed by atoms with van der Waals surface area (Å²) in [5.74, 6) is 0.831. The summed E-state index contributed by atoms with van der Waals surface area (Å²) in [5, 5.41) is 0. The van der Waals surface area contributed by atoms with Crippen LogP contribution >= 0.6 is 0 Å². The molecule has 1 heterocycles. The van der Waals surface area contributed by atoms with Gasteiger partial charge in [-0.1, -0.05) is 13.8 Å². The van der Waals surface area contributed by atoms with Gasteiger partial charge < -0.3 is 4.74 Å². The number of hydrogen-bond acceptors (Lipinski definition) is 2. The van der Waals surface area contributed by atoms with Gasteiger partial charge in [-0.05, 0) is 6.42 Å². The highest BCUT2D eigenvalue weighted by atomic mass is 16.5. The van der Waals surface area contributed by atoms with Gasteiger partial charge in [-0.3, -0.25) is 4.79 Å². The van der Waals surface area contributed by atoms with Gasteiger partial charge in [0.1, 0.15) is 5.78 Å². The molecule has 0 aromatic heterocycles. The standard InChI is InChI=1S/C8H14O2/c1-3-6(2)8(9)7-4-10-5-7/h6-7H,3-5H2,1-2H3. The zero-order chi connectivity index (χ0) is 7.56. The summed E-state index contributed by atoms with van der Waals surface area (Å²) in [4.78, 5) is 11.3. The highest BCUT2D eigenvalue weighted by Gasteiger charge is 2.28. The van der Waals surface area contributed by atoms with Gasteiger partial charge >= 0.3 is 0 Å². The summed E-state index contributed by atoms with van der Waals surface area (Å²) < 4.78 is 4.93. The van der Waals surface area contributed by atoms with Gasteiger partial charge in [0, 0.05) is 5.92 Å². The molecule has 0 aliphatic carbocycles. The van der Waals surface area contributed by atoms with Crippen LogP contribution in [0.3, 0.4) is 0 Å². The summed E-state index contributed by atoms with van der Waals surface area (Å²) in [7, 11) is 0. The Morgan fingerprint density at radius 2 is 2.30 bits per heavy atom. The van der Waals surface area contributed by atoms with Crippen molar-refractivity contribution in [3.63, 3.8) is 0 Å². The molecule has 0 aromatic rings. The minimum atomic E-state index is 0.218. The monoisotopic (exact) mass is 142 g/mol. The molecule has 1 rings (SSSR count). The first kappa shape index (κ1) is 7.73. The lowest BCUT2D eigenvalue weighted by Gasteiger charge is -2.26. The Morgan fingerprint density at radius 3 is 2.60 bits per heavy atom. The molecule has 0 aromatic carbocycles. The van der Waals surface area contributed by atoms with Crippen molar-refractivity contribution >= 4 is 5.78 Å². The van der Waals surface area contributed by atoms with Crippen LogP contribution < -0.4 is 0 Å². The molecule has 1 atom stereocenters. The number of carbonyl (C=O) groups excluding carboxylic acids is 1. The Morgan fingerprint density at radius 1 is 1.70 bits per heavy atom. The normalized spacial score (nSPS) is 21.8. The lowest BCUT2D eigenvalue weighted by molar-refractivity contribution is -0.140. The van der Waals surface area contributed by atoms with Gasteiger partial charge in [-0.25, -0.2) is 0 Å². The van der Waals surface area contributed by atoms with Gasteiger partial charge in [0.25, 0.3) is 0 Å². The molecule has 1 unspecified atom stereocenters. The summed E-state index contributed by atoms with van der Waals surface area (Å²) in [6, 6.07) is 0. The van der Waals surface area contributed by atoms with E-state index in [0.29, 0.717) is 19.0 Å². The zero-order valence-electron chi connectivity index (χ0n) is 6.59. The van der Waals surface area contributed by atoms with Crippen molar-refractivity contribution in [2.45, 2.75) is 20.3 Å². The molecule has 0 spiro atoms. The van der Waals surface area contributed by atoms with E-state index in [-0.39, 0.29) is 11.8 Å². The topological polar surface area (TPSA) is 26.3 Å². The first-order valence-corrected chi connectivity index (χ1v) is 3.87. The molecule has 58 valence electrons. The number of ether oxygens (including phenoxy) is 1. The Kier molecular flexibility index (Phi) is 2.44. The minimum Gasteiger partial charge on any atom is -0.380 e. The summed E-state index contributed by atoms with van der Waals surface area (Å²) >= 11 is 0. The maximum atomic E-state index is 11.3. The molecular weight excluding hydrogens is 128 g/mol. The van der Waals surface area contributed by atoms with E-state index in [4.69, 9.17) is 4.74 Å². The molecule has 0 bridgehead atoms. The molecule has 0 saturated carbocycles. The second kappa shape index (κ2) is 3.15. The lowest BCUT2D eigenvalue weighted by atomic mass is 9.91. The number of hydrogen-bond donors (Lipinski definition) is 0. The van der Waals surface area contributed by atoms with Crippen molar-refractivity contribution in [1.82, 2.24) is 0 Å². The molecule has 1 aliphatic rings. The number of Topliss-reactive ketones (excluding diaryl/α,β-unsaturated/α-hetero) is 1. The fraction of sp³-hybridized carbons (Fsp3) is 0.875. The van der Waals surface area contributed by atoms with Crippen molar-refractivity contribution in [3.05, 3.63) is 0 Å². The zero-order valence-corrected chi connectivity index (χ0v) is 6.59. The van der Waals surface area contributed by atoms with Gasteiger partial charge in [-0.2, -0.15) is 0 Å². The molecule has 2 nitrogen and oxygen atoms in total. The second-order valence-electron chi connectivity index (χ2n) is 2.95. The van der Waals surface area contributed by atoms with Gasteiger partial charge in [-0.15, -0.1) is 0 Å². The van der Waals surface area contributed by atoms with E-state index in [1.54, 1.807) is 0 Å². The molecular formula is C8H14O2. The Hall–Kier alpha value is -0.370. The smallest absolute Gasteiger partial charge is 0.143 e. The van der Waals surface area contributed by atoms with E-state index < -0.39 is 0 Å². The van der Waals surface area contributed by atoms with Crippen molar-refractivity contribution in [2.75, 3.05) is 13.2 Å². The van der Waals surface area contributed by atoms with Crippen LogP contribution in [0.4, 0.5) is 0 Å². The lowest BCUT2D eigenvalue weighted by Crippen LogP contribution is -2.37. The van der Waals surface area contributed by atoms with E-state index in [2.05, 4.69) is 0 Å². The average molecular weight is 142 g/mol. The molecule has 1 saturated heterocycles.